The van der Waals surface area contributed by atoms with Gasteiger partial charge in [0.05, 0.1) is 24.0 Å². The lowest BCUT2D eigenvalue weighted by molar-refractivity contribution is 0.159. The molecule has 3 aromatic rings. The van der Waals surface area contributed by atoms with Crippen molar-refractivity contribution in [2.45, 2.75) is 12.0 Å². The van der Waals surface area contributed by atoms with E-state index in [1.165, 1.54) is 12.1 Å². The van der Waals surface area contributed by atoms with Crippen LogP contribution in [0, 0.1) is 23.0 Å². The van der Waals surface area contributed by atoms with Crippen LogP contribution in [0.15, 0.2) is 60.7 Å². The third kappa shape index (κ3) is 5.80. The number of carbonyl (C=O) groups is 1. The quantitative estimate of drug-likeness (QED) is 0.534. The van der Waals surface area contributed by atoms with Gasteiger partial charge in [-0.1, -0.05) is 36.4 Å². The number of pyridine rings is 1. The average Bonchev–Trinajstić information content (AvgIpc) is 3.27. The van der Waals surface area contributed by atoms with Gasteiger partial charge < -0.3 is 15.4 Å². The van der Waals surface area contributed by atoms with Crippen LogP contribution in [-0.4, -0.2) is 55.3 Å². The van der Waals surface area contributed by atoms with E-state index >= 15 is 0 Å². The highest BCUT2D eigenvalue weighted by molar-refractivity contribution is 5.93. The number of benzene rings is 2. The second-order valence-corrected chi connectivity index (χ2v) is 8.31. The van der Waals surface area contributed by atoms with E-state index in [0.29, 0.717) is 43.2 Å². The minimum Gasteiger partial charge on any atom is -0.383 e. The number of methoxy groups -OCH3 is 1. The molecule has 4 rings (SSSR count). The van der Waals surface area contributed by atoms with Crippen molar-refractivity contribution in [2.24, 2.45) is 0 Å². The molecule has 2 amide bonds. The molecule has 2 aromatic carbocycles. The van der Waals surface area contributed by atoms with Crippen LogP contribution in [0.1, 0.15) is 17.2 Å². The minimum absolute atomic E-state index is 0.234. The van der Waals surface area contributed by atoms with Gasteiger partial charge in [0.25, 0.3) is 0 Å². The molecular weight excluding hydrogens is 452 g/mol. The summed E-state index contributed by atoms with van der Waals surface area (Å²) in [7, 11) is 1.61. The van der Waals surface area contributed by atoms with Crippen LogP contribution in [0.2, 0.25) is 0 Å². The molecule has 1 aromatic heterocycles. The molecule has 2 N–H and O–H groups in total. The fourth-order valence-electron chi connectivity index (χ4n) is 4.28. The van der Waals surface area contributed by atoms with Gasteiger partial charge in [0, 0.05) is 38.2 Å². The summed E-state index contributed by atoms with van der Waals surface area (Å²) >= 11 is 0. The highest BCUT2D eigenvalue weighted by Gasteiger charge is 2.35. The van der Waals surface area contributed by atoms with Gasteiger partial charge in [-0.2, -0.15) is 5.26 Å². The van der Waals surface area contributed by atoms with Crippen LogP contribution in [-0.2, 0) is 4.74 Å². The van der Waals surface area contributed by atoms with E-state index in [-0.39, 0.29) is 17.7 Å². The monoisotopic (exact) mass is 477 g/mol. The third-order valence-corrected chi connectivity index (χ3v) is 6.00. The maximum absolute atomic E-state index is 13.9. The molecule has 0 bridgehead atoms. The van der Waals surface area contributed by atoms with E-state index in [1.54, 1.807) is 19.2 Å². The molecule has 180 valence electrons. The standard InChI is InChI=1S/C26H25F2N5O2/c1-35-12-11-33-15-20(18-7-9-21(27)22(28)13-18)24(16-33)32-26(34)31-23-10-8-19(14-29)30-25(23)17-5-3-2-4-6-17/h2-10,13,20,24H,11-12,15-16H2,1H3,(H2,31,32,34)/t20-,24+/m0/s1. The van der Waals surface area contributed by atoms with Crippen molar-refractivity contribution in [3.05, 3.63) is 83.6 Å². The predicted molar refractivity (Wildman–Crippen MR) is 128 cm³/mol. The highest BCUT2D eigenvalue weighted by Crippen LogP contribution is 2.30. The number of carbonyl (C=O) groups excluding carboxylic acids is 1. The van der Waals surface area contributed by atoms with Crippen LogP contribution < -0.4 is 10.6 Å². The van der Waals surface area contributed by atoms with Crippen molar-refractivity contribution in [2.75, 3.05) is 38.7 Å². The maximum atomic E-state index is 13.9. The van der Waals surface area contributed by atoms with Crippen LogP contribution in [0.25, 0.3) is 11.3 Å². The number of rotatable bonds is 7. The molecule has 1 aliphatic rings. The largest absolute Gasteiger partial charge is 0.383 e. The molecule has 0 spiro atoms. The Morgan fingerprint density at radius 2 is 1.94 bits per heavy atom. The summed E-state index contributed by atoms with van der Waals surface area (Å²) in [6, 6.07) is 17.5. The van der Waals surface area contributed by atoms with E-state index in [9.17, 15) is 18.8 Å². The summed E-state index contributed by atoms with van der Waals surface area (Å²) in [6.07, 6.45) is 0. The van der Waals surface area contributed by atoms with Crippen molar-refractivity contribution < 1.29 is 18.3 Å². The van der Waals surface area contributed by atoms with Gasteiger partial charge >= 0.3 is 6.03 Å². The van der Waals surface area contributed by atoms with Gasteiger partial charge in [0.1, 0.15) is 11.8 Å². The Morgan fingerprint density at radius 3 is 2.66 bits per heavy atom. The molecule has 7 nitrogen and oxygen atoms in total. The van der Waals surface area contributed by atoms with Gasteiger partial charge in [0.2, 0.25) is 0 Å². The van der Waals surface area contributed by atoms with Crippen molar-refractivity contribution in [1.29, 1.82) is 5.26 Å². The SMILES string of the molecule is COCCN1C[C@@H](NC(=O)Nc2ccc(C#N)nc2-c2ccccc2)[C@H](c2ccc(F)c(F)c2)C1. The lowest BCUT2D eigenvalue weighted by atomic mass is 9.94. The zero-order valence-electron chi connectivity index (χ0n) is 19.2. The van der Waals surface area contributed by atoms with Crippen LogP contribution in [0.3, 0.4) is 0 Å². The van der Waals surface area contributed by atoms with Gasteiger partial charge in [-0.25, -0.2) is 18.6 Å². The summed E-state index contributed by atoms with van der Waals surface area (Å²) in [6.45, 7) is 2.25. The van der Waals surface area contributed by atoms with E-state index in [2.05, 4.69) is 20.5 Å². The zero-order valence-corrected chi connectivity index (χ0v) is 19.2. The molecule has 1 aliphatic heterocycles. The van der Waals surface area contributed by atoms with E-state index in [1.807, 2.05) is 36.4 Å². The molecule has 0 radical (unpaired) electrons. The Bertz CT molecular complexity index is 1230. The first-order chi connectivity index (χ1) is 17.0. The second kappa shape index (κ2) is 11.0. The lowest BCUT2D eigenvalue weighted by Crippen LogP contribution is -2.42. The van der Waals surface area contributed by atoms with E-state index in [0.717, 1.165) is 11.6 Å². The normalized spacial score (nSPS) is 17.7. The number of nitrogens with zero attached hydrogens (tertiary/aromatic N) is 3. The summed E-state index contributed by atoms with van der Waals surface area (Å²) in [5, 5.41) is 15.1. The van der Waals surface area contributed by atoms with Crippen LogP contribution >= 0.6 is 0 Å². The van der Waals surface area contributed by atoms with E-state index < -0.39 is 17.7 Å². The number of hydrogen-bond acceptors (Lipinski definition) is 5. The molecule has 1 saturated heterocycles. The van der Waals surface area contributed by atoms with Crippen molar-refractivity contribution >= 4 is 11.7 Å². The molecule has 2 heterocycles. The molecule has 2 atom stereocenters. The Balaban J connectivity index is 1.55. The zero-order chi connectivity index (χ0) is 24.8. The van der Waals surface area contributed by atoms with Crippen molar-refractivity contribution in [3.8, 4) is 17.3 Å². The van der Waals surface area contributed by atoms with Crippen molar-refractivity contribution in [3.63, 3.8) is 0 Å². The first kappa shape index (κ1) is 24.3. The molecule has 0 unspecified atom stereocenters. The number of anilines is 1. The number of aromatic nitrogens is 1. The van der Waals surface area contributed by atoms with Gasteiger partial charge in [-0.05, 0) is 29.8 Å². The Morgan fingerprint density at radius 1 is 1.14 bits per heavy atom. The number of hydrogen-bond donors (Lipinski definition) is 2. The number of likely N-dealkylation sites (tertiary alicyclic amines) is 1. The molecule has 9 heteroatoms. The fraction of sp³-hybridized carbons (Fsp3) is 0.269. The summed E-state index contributed by atoms with van der Waals surface area (Å²) in [5.41, 5.74) is 2.53. The first-order valence-electron chi connectivity index (χ1n) is 11.2. The fourth-order valence-corrected chi connectivity index (χ4v) is 4.28. The molecular formula is C26H25F2N5O2. The Hall–Kier alpha value is -3.87. The second-order valence-electron chi connectivity index (χ2n) is 8.31. The van der Waals surface area contributed by atoms with E-state index in [4.69, 9.17) is 4.74 Å². The summed E-state index contributed by atoms with van der Waals surface area (Å²) in [5.74, 6) is -2.07. The van der Waals surface area contributed by atoms with Gasteiger partial charge in [-0.15, -0.1) is 0 Å². The molecule has 0 saturated carbocycles. The highest BCUT2D eigenvalue weighted by atomic mass is 19.2. The number of nitriles is 1. The smallest absolute Gasteiger partial charge is 0.319 e. The number of amides is 2. The molecule has 1 fully saturated rings. The number of halogens is 2. The minimum atomic E-state index is -0.919. The van der Waals surface area contributed by atoms with Crippen LogP contribution in [0.4, 0.5) is 19.3 Å². The lowest BCUT2D eigenvalue weighted by Gasteiger charge is -2.21. The number of urea groups is 1. The van der Waals surface area contributed by atoms with Gasteiger partial charge in [-0.3, -0.25) is 4.90 Å². The van der Waals surface area contributed by atoms with Crippen LogP contribution in [0.5, 0.6) is 0 Å². The molecule has 0 aliphatic carbocycles. The Labute approximate surface area is 202 Å². The first-order valence-corrected chi connectivity index (χ1v) is 11.2. The average molecular weight is 478 g/mol. The summed E-state index contributed by atoms with van der Waals surface area (Å²) < 4.78 is 32.6. The molecule has 35 heavy (non-hydrogen) atoms. The van der Waals surface area contributed by atoms with Crippen molar-refractivity contribution in [1.82, 2.24) is 15.2 Å². The number of nitrogens with one attached hydrogen (secondary N) is 2. The third-order valence-electron chi connectivity index (χ3n) is 6.00. The number of ether oxygens (including phenoxy) is 1. The maximum Gasteiger partial charge on any atom is 0.319 e. The predicted octanol–water partition coefficient (Wildman–Crippen LogP) is 4.13. The van der Waals surface area contributed by atoms with Gasteiger partial charge in [0.15, 0.2) is 11.6 Å². The Kier molecular flexibility index (Phi) is 7.65. The topological polar surface area (TPSA) is 90.3 Å². The summed E-state index contributed by atoms with van der Waals surface area (Å²) in [4.78, 5) is 19.5.